The lowest BCUT2D eigenvalue weighted by molar-refractivity contribution is -0.219. The van der Waals surface area contributed by atoms with Gasteiger partial charge in [0.15, 0.2) is 5.78 Å². The second-order valence-corrected chi connectivity index (χ2v) is 14.3. The maximum absolute atomic E-state index is 15.5. The fourth-order valence-electron chi connectivity index (χ4n) is 10.2. The van der Waals surface area contributed by atoms with E-state index in [1.54, 1.807) is 0 Å². The number of carbonyl (C=O) groups is 1. The largest absolute Gasteiger partial charge is 0.350 e. The van der Waals surface area contributed by atoms with Crippen LogP contribution < -0.4 is 0 Å². The molecule has 0 aliphatic heterocycles. The molecule has 0 saturated heterocycles. The summed E-state index contributed by atoms with van der Waals surface area (Å²) in [4.78, 5) is 12.7. The molecule has 0 unspecified atom stereocenters. The number of Topliss-reactive ketones (excluding diaryl/α,β-unsaturated/α-hetero) is 1. The lowest BCUT2D eigenvalue weighted by atomic mass is 9.41. The number of methoxy groups -OCH3 is 2. The summed E-state index contributed by atoms with van der Waals surface area (Å²) in [5.74, 6) is -2.46. The number of ether oxygens (including phenoxy) is 2. The van der Waals surface area contributed by atoms with E-state index in [2.05, 4.69) is 43.3 Å². The van der Waals surface area contributed by atoms with Crippen molar-refractivity contribution in [2.45, 2.75) is 27.9 Å². The first-order valence-electron chi connectivity index (χ1n) is 14.2. The van der Waals surface area contributed by atoms with Crippen LogP contribution in [0.2, 0.25) is 0 Å². The van der Waals surface area contributed by atoms with E-state index in [0.29, 0.717) is 0 Å². The van der Waals surface area contributed by atoms with Gasteiger partial charge in [-0.05, 0) is 58.4 Å². The summed E-state index contributed by atoms with van der Waals surface area (Å²) in [5, 5.41) is 0.478. The molecule has 7 heteroatoms. The molecule has 0 N–H and O–H groups in total. The zero-order valence-corrected chi connectivity index (χ0v) is 26.2. The van der Waals surface area contributed by atoms with Gasteiger partial charge in [0, 0.05) is 14.2 Å². The first-order chi connectivity index (χ1) is 20.1. The van der Waals surface area contributed by atoms with Crippen LogP contribution in [-0.4, -0.2) is 35.5 Å². The van der Waals surface area contributed by atoms with Crippen LogP contribution in [0.4, 0.5) is 0 Å². The molecule has 214 valence electrons. The number of rotatable bonds is 5. The summed E-state index contributed by atoms with van der Waals surface area (Å²) >= 11 is 29.4. The molecule has 8 rings (SSSR count). The Kier molecular flexibility index (Phi) is 5.57. The number of halogens is 4. The summed E-state index contributed by atoms with van der Waals surface area (Å²) in [7, 11) is 3.07. The minimum atomic E-state index is -1.52. The van der Waals surface area contributed by atoms with Gasteiger partial charge >= 0.3 is 0 Å². The molecule has 8 atom stereocenters. The molecule has 3 aromatic carbocycles. The molecule has 0 heterocycles. The minimum Gasteiger partial charge on any atom is -0.350 e. The molecule has 3 fully saturated rings. The summed E-state index contributed by atoms with van der Waals surface area (Å²) in [5.41, 5.74) is 3.11. The molecule has 5 aliphatic rings. The molecule has 3 saturated carbocycles. The molecule has 42 heavy (non-hydrogen) atoms. The van der Waals surface area contributed by atoms with Crippen LogP contribution in [0.25, 0.3) is 11.1 Å². The zero-order valence-electron chi connectivity index (χ0n) is 23.2. The Morgan fingerprint density at radius 2 is 1.05 bits per heavy atom. The van der Waals surface area contributed by atoms with Crippen molar-refractivity contribution in [2.24, 2.45) is 29.1 Å². The average Bonchev–Trinajstić information content (AvgIpc) is 3.42. The molecule has 0 aromatic heterocycles. The predicted molar refractivity (Wildman–Crippen MR) is 168 cm³/mol. The zero-order chi connectivity index (χ0) is 29.4. The number of hydrogen-bond donors (Lipinski definition) is 0. The smallest absolute Gasteiger partial charge is 0.217 e. The van der Waals surface area contributed by atoms with Crippen molar-refractivity contribution < 1.29 is 14.3 Å². The molecule has 4 bridgehead atoms. The van der Waals surface area contributed by atoms with Gasteiger partial charge in [0.2, 0.25) is 5.79 Å². The highest BCUT2D eigenvalue weighted by Crippen LogP contribution is 2.90. The van der Waals surface area contributed by atoms with Crippen molar-refractivity contribution >= 4 is 63.3 Å². The third-order valence-corrected chi connectivity index (χ3v) is 14.0. The third kappa shape index (κ3) is 2.49. The molecular formula is C35H28Cl4O3. The fraction of sp³-hybridized carbons (Fsp3) is 0.343. The molecule has 0 radical (unpaired) electrons. The molecule has 5 aliphatic carbocycles. The number of allylic oxidation sites excluding steroid dienone is 2. The quantitative estimate of drug-likeness (QED) is 0.209. The van der Waals surface area contributed by atoms with Crippen LogP contribution in [0, 0.1) is 29.1 Å². The van der Waals surface area contributed by atoms with Gasteiger partial charge in [-0.1, -0.05) is 114 Å². The number of benzene rings is 3. The van der Waals surface area contributed by atoms with Crippen LogP contribution in [0.3, 0.4) is 0 Å². The molecular weight excluding hydrogens is 610 g/mol. The predicted octanol–water partition coefficient (Wildman–Crippen LogP) is 8.28. The van der Waals surface area contributed by atoms with Gasteiger partial charge in [0.1, 0.15) is 9.75 Å². The van der Waals surface area contributed by atoms with Gasteiger partial charge in [0.05, 0.1) is 20.9 Å². The Hall–Kier alpha value is -2.11. The van der Waals surface area contributed by atoms with Crippen molar-refractivity contribution in [3.05, 3.63) is 118 Å². The van der Waals surface area contributed by atoms with Crippen LogP contribution >= 0.6 is 46.4 Å². The van der Waals surface area contributed by atoms with Crippen molar-refractivity contribution in [1.82, 2.24) is 0 Å². The lowest BCUT2D eigenvalue weighted by Gasteiger charge is -2.62. The molecule has 3 nitrogen and oxygen atoms in total. The van der Waals surface area contributed by atoms with Crippen molar-refractivity contribution in [1.29, 1.82) is 0 Å². The third-order valence-electron chi connectivity index (χ3n) is 11.3. The number of hydrogen-bond acceptors (Lipinski definition) is 3. The Morgan fingerprint density at radius 1 is 0.619 bits per heavy atom. The highest BCUT2D eigenvalue weighted by Gasteiger charge is 2.96. The van der Waals surface area contributed by atoms with Gasteiger partial charge in [-0.25, -0.2) is 0 Å². The van der Waals surface area contributed by atoms with E-state index in [0.717, 1.165) is 27.8 Å². The standard InChI is InChI=1S/C35H28Cl4O3/c1-31-22(19-13-7-4-8-14-19)23(20-15-9-5-10-16-20)32(30(31)40,21-17-11-6-12-18-21)25-24(31)26-27(25)34(39)29(37)28(36)33(26,38)35(34,41-2)42-3/h4-18,24-27H,1-3H3/t24-,25+,26-,27-,31-,32+,33+,34+/m1/s1. The van der Waals surface area contributed by atoms with E-state index in [9.17, 15) is 0 Å². The van der Waals surface area contributed by atoms with Crippen LogP contribution in [0.1, 0.15) is 23.6 Å². The van der Waals surface area contributed by atoms with Gasteiger partial charge < -0.3 is 9.47 Å². The second-order valence-electron chi connectivity index (χ2n) is 12.4. The number of carbonyl (C=O) groups excluding carboxylic acids is 1. The summed E-state index contributed by atoms with van der Waals surface area (Å²) in [6.07, 6.45) is 0. The maximum Gasteiger partial charge on any atom is 0.217 e. The Balaban J connectivity index is 1.51. The van der Waals surface area contributed by atoms with Crippen molar-refractivity contribution in [2.75, 3.05) is 14.2 Å². The van der Waals surface area contributed by atoms with E-state index in [1.807, 2.05) is 54.6 Å². The van der Waals surface area contributed by atoms with E-state index in [-0.39, 0.29) is 39.5 Å². The first-order valence-corrected chi connectivity index (χ1v) is 15.7. The van der Waals surface area contributed by atoms with Crippen LogP contribution in [-0.2, 0) is 19.7 Å². The van der Waals surface area contributed by atoms with E-state index in [4.69, 9.17) is 55.9 Å². The fourth-order valence-corrected chi connectivity index (χ4v) is 12.5. The van der Waals surface area contributed by atoms with Crippen LogP contribution in [0.5, 0.6) is 0 Å². The Labute approximate surface area is 265 Å². The summed E-state index contributed by atoms with van der Waals surface area (Å²) in [6.45, 7) is 2.10. The monoisotopic (exact) mass is 636 g/mol. The van der Waals surface area contributed by atoms with Crippen molar-refractivity contribution in [3.8, 4) is 0 Å². The van der Waals surface area contributed by atoms with Gasteiger partial charge in [0.25, 0.3) is 0 Å². The Bertz CT molecular complexity index is 1720. The number of fused-ring (bicyclic) bond motifs is 12. The number of alkyl halides is 2. The highest BCUT2D eigenvalue weighted by molar-refractivity contribution is 6.52. The number of ketones is 1. The van der Waals surface area contributed by atoms with Gasteiger partial charge in [-0.2, -0.15) is 0 Å². The van der Waals surface area contributed by atoms with Gasteiger partial charge in [-0.15, -0.1) is 23.2 Å². The maximum atomic E-state index is 15.5. The van der Waals surface area contributed by atoms with Gasteiger partial charge in [-0.3, -0.25) is 4.79 Å². The summed E-state index contributed by atoms with van der Waals surface area (Å²) in [6, 6.07) is 30.6. The highest BCUT2D eigenvalue weighted by atomic mass is 35.5. The summed E-state index contributed by atoms with van der Waals surface area (Å²) < 4.78 is 12.3. The SMILES string of the molecule is COC1(OC)[C@@]2(Cl)C(Cl)=C(Cl)[C@@]1(Cl)[C@@H]1[C@@H]3[C@H]([C@H]12)[C@]1(C)C(=O)[C@@]3(c2ccccc2)C(c2ccccc2)=C1c1ccccc1. The Morgan fingerprint density at radius 3 is 1.52 bits per heavy atom. The average molecular weight is 638 g/mol. The lowest BCUT2D eigenvalue weighted by Crippen LogP contribution is -2.63. The van der Waals surface area contributed by atoms with Crippen molar-refractivity contribution in [3.63, 3.8) is 0 Å². The van der Waals surface area contributed by atoms with E-state index < -0.39 is 26.4 Å². The second kappa shape index (κ2) is 8.53. The van der Waals surface area contributed by atoms with E-state index >= 15 is 4.79 Å². The minimum absolute atomic E-state index is 0.163. The first kappa shape index (κ1) is 27.4. The van der Waals surface area contributed by atoms with Crippen LogP contribution in [0.15, 0.2) is 101 Å². The molecule has 3 aromatic rings. The topological polar surface area (TPSA) is 35.5 Å². The molecule has 0 spiro atoms. The van der Waals surface area contributed by atoms with E-state index in [1.165, 1.54) is 14.2 Å². The molecule has 0 amide bonds. The normalized spacial score (nSPS) is 40.4.